The van der Waals surface area contributed by atoms with Crippen LogP contribution in [0.2, 0.25) is 0 Å². The first-order valence-corrected chi connectivity index (χ1v) is 6.90. The van der Waals surface area contributed by atoms with E-state index < -0.39 is 6.09 Å². The van der Waals surface area contributed by atoms with Crippen molar-refractivity contribution in [1.29, 1.82) is 0 Å². The smallest absolute Gasteiger partial charge is 0.407 e. The van der Waals surface area contributed by atoms with Gasteiger partial charge in [-0.3, -0.25) is 0 Å². The number of carboxylic acid groups (broad SMARTS) is 1. The van der Waals surface area contributed by atoms with Gasteiger partial charge in [-0.05, 0) is 24.3 Å². The number of anilines is 1. The topological polar surface area (TPSA) is 78.9 Å². The van der Waals surface area contributed by atoms with Crippen LogP contribution in [0.15, 0.2) is 11.4 Å². The van der Waals surface area contributed by atoms with Gasteiger partial charge in [0.1, 0.15) is 4.88 Å². The van der Waals surface area contributed by atoms with E-state index >= 15 is 0 Å². The van der Waals surface area contributed by atoms with Crippen LogP contribution >= 0.6 is 11.3 Å². The molecule has 1 aromatic rings. The van der Waals surface area contributed by atoms with Crippen molar-refractivity contribution in [3.63, 3.8) is 0 Å². The molecule has 2 heterocycles. The molecule has 104 valence electrons. The van der Waals surface area contributed by atoms with Crippen molar-refractivity contribution in [2.45, 2.75) is 18.9 Å². The molecule has 1 fully saturated rings. The summed E-state index contributed by atoms with van der Waals surface area (Å²) in [5.41, 5.74) is 0.769. The molecule has 1 aliphatic heterocycles. The van der Waals surface area contributed by atoms with Gasteiger partial charge in [-0.2, -0.15) is 0 Å². The van der Waals surface area contributed by atoms with Crippen LogP contribution in [-0.2, 0) is 4.74 Å². The monoisotopic (exact) mass is 284 g/mol. The van der Waals surface area contributed by atoms with Gasteiger partial charge in [0, 0.05) is 19.1 Å². The van der Waals surface area contributed by atoms with Crippen molar-refractivity contribution < 1.29 is 19.4 Å². The minimum atomic E-state index is -0.871. The Morgan fingerprint density at radius 1 is 1.47 bits per heavy atom. The Balaban J connectivity index is 1.94. The molecule has 1 amide bonds. The fraction of sp³-hybridized carbons (Fsp3) is 0.500. The fourth-order valence-corrected chi connectivity index (χ4v) is 2.88. The van der Waals surface area contributed by atoms with Crippen LogP contribution in [0.25, 0.3) is 0 Å². The van der Waals surface area contributed by atoms with Crippen LogP contribution in [-0.4, -0.2) is 48.3 Å². The standard InChI is InChI=1S/C12H16N2O4S/c1-18-11(15)10-9(4-7-19-10)13-8-2-5-14(6-3-8)12(16)17/h4,7-8,13H,2-3,5-6H2,1H3,(H,16,17). The third-order valence-corrected chi connectivity index (χ3v) is 4.06. The average molecular weight is 284 g/mol. The lowest BCUT2D eigenvalue weighted by Crippen LogP contribution is -2.41. The summed E-state index contributed by atoms with van der Waals surface area (Å²) in [6, 6.07) is 2.04. The molecule has 0 saturated carbocycles. The Bertz CT molecular complexity index is 466. The number of methoxy groups -OCH3 is 1. The first-order chi connectivity index (χ1) is 9.11. The SMILES string of the molecule is COC(=O)c1sccc1NC1CCN(C(=O)O)CC1. The summed E-state index contributed by atoms with van der Waals surface area (Å²) < 4.78 is 4.72. The van der Waals surface area contributed by atoms with E-state index in [1.807, 2.05) is 11.4 Å². The third kappa shape index (κ3) is 3.17. The number of nitrogens with one attached hydrogen (secondary N) is 1. The summed E-state index contributed by atoms with van der Waals surface area (Å²) >= 11 is 1.33. The highest BCUT2D eigenvalue weighted by Crippen LogP contribution is 2.25. The molecule has 0 atom stereocenters. The molecule has 0 spiro atoms. The van der Waals surface area contributed by atoms with Crippen LogP contribution < -0.4 is 5.32 Å². The Labute approximate surface area is 115 Å². The molecule has 19 heavy (non-hydrogen) atoms. The maximum atomic E-state index is 11.5. The number of likely N-dealkylation sites (tertiary alicyclic amines) is 1. The van der Waals surface area contributed by atoms with Crippen molar-refractivity contribution in [2.24, 2.45) is 0 Å². The Kier molecular flexibility index (Phi) is 4.26. The number of esters is 1. The van der Waals surface area contributed by atoms with Gasteiger partial charge >= 0.3 is 12.1 Å². The number of hydrogen-bond donors (Lipinski definition) is 2. The maximum absolute atomic E-state index is 11.5. The van der Waals surface area contributed by atoms with Crippen molar-refractivity contribution >= 4 is 29.1 Å². The number of piperidine rings is 1. The number of amides is 1. The molecule has 1 aliphatic rings. The highest BCUT2D eigenvalue weighted by molar-refractivity contribution is 7.12. The number of rotatable bonds is 3. The predicted molar refractivity (Wildman–Crippen MR) is 71.9 cm³/mol. The summed E-state index contributed by atoms with van der Waals surface area (Å²) in [5, 5.41) is 14.0. The summed E-state index contributed by atoms with van der Waals surface area (Å²) in [6.07, 6.45) is 0.607. The zero-order chi connectivity index (χ0) is 13.8. The van der Waals surface area contributed by atoms with Crippen LogP contribution in [0.4, 0.5) is 10.5 Å². The number of thiophene rings is 1. The summed E-state index contributed by atoms with van der Waals surface area (Å²) in [6.45, 7) is 1.04. The number of carbonyl (C=O) groups is 2. The second kappa shape index (κ2) is 5.92. The van der Waals surface area contributed by atoms with Gasteiger partial charge in [-0.1, -0.05) is 0 Å². The van der Waals surface area contributed by atoms with Gasteiger partial charge in [-0.25, -0.2) is 9.59 Å². The van der Waals surface area contributed by atoms with Crippen molar-refractivity contribution in [3.8, 4) is 0 Å². The lowest BCUT2D eigenvalue weighted by Gasteiger charge is -2.30. The lowest BCUT2D eigenvalue weighted by molar-refractivity contribution is 0.0607. The summed E-state index contributed by atoms with van der Waals surface area (Å²) in [7, 11) is 1.36. The minimum Gasteiger partial charge on any atom is -0.465 e. The first-order valence-electron chi connectivity index (χ1n) is 6.02. The molecule has 7 heteroatoms. The predicted octanol–water partition coefficient (Wildman–Crippen LogP) is 2.09. The van der Waals surface area contributed by atoms with Crippen LogP contribution in [0.5, 0.6) is 0 Å². The molecule has 0 aliphatic carbocycles. The highest BCUT2D eigenvalue weighted by Gasteiger charge is 2.23. The van der Waals surface area contributed by atoms with Gasteiger partial charge in [0.05, 0.1) is 12.8 Å². The van der Waals surface area contributed by atoms with E-state index in [0.717, 1.165) is 18.5 Å². The fourth-order valence-electron chi connectivity index (χ4n) is 2.11. The number of ether oxygens (including phenoxy) is 1. The van der Waals surface area contributed by atoms with Gasteiger partial charge in [-0.15, -0.1) is 11.3 Å². The molecule has 2 rings (SSSR count). The molecular weight excluding hydrogens is 268 g/mol. The largest absolute Gasteiger partial charge is 0.465 e. The third-order valence-electron chi connectivity index (χ3n) is 3.16. The number of carbonyl (C=O) groups excluding carboxylic acids is 1. The normalized spacial score (nSPS) is 16.2. The molecule has 0 aromatic carbocycles. The number of hydrogen-bond acceptors (Lipinski definition) is 5. The molecule has 6 nitrogen and oxygen atoms in total. The van der Waals surface area contributed by atoms with E-state index in [1.54, 1.807) is 0 Å². The van der Waals surface area contributed by atoms with E-state index in [2.05, 4.69) is 5.32 Å². The van der Waals surface area contributed by atoms with Gasteiger partial charge in [0.25, 0.3) is 0 Å². The zero-order valence-corrected chi connectivity index (χ0v) is 11.4. The molecule has 0 bridgehead atoms. The Hall–Kier alpha value is -1.76. The van der Waals surface area contributed by atoms with E-state index in [4.69, 9.17) is 9.84 Å². The van der Waals surface area contributed by atoms with E-state index in [-0.39, 0.29) is 12.0 Å². The summed E-state index contributed by atoms with van der Waals surface area (Å²) in [5.74, 6) is -0.347. The first kappa shape index (κ1) is 13.7. The Morgan fingerprint density at radius 2 is 2.16 bits per heavy atom. The van der Waals surface area contributed by atoms with Crippen molar-refractivity contribution in [2.75, 3.05) is 25.5 Å². The molecule has 0 radical (unpaired) electrons. The van der Waals surface area contributed by atoms with E-state index in [1.165, 1.54) is 23.3 Å². The zero-order valence-electron chi connectivity index (χ0n) is 10.6. The molecule has 1 aromatic heterocycles. The summed E-state index contributed by atoms with van der Waals surface area (Å²) in [4.78, 5) is 24.3. The molecular formula is C12H16N2O4S. The second-order valence-corrected chi connectivity index (χ2v) is 5.26. The van der Waals surface area contributed by atoms with Crippen LogP contribution in [0.3, 0.4) is 0 Å². The minimum absolute atomic E-state index is 0.189. The highest BCUT2D eigenvalue weighted by atomic mass is 32.1. The second-order valence-electron chi connectivity index (χ2n) is 4.34. The maximum Gasteiger partial charge on any atom is 0.407 e. The average Bonchev–Trinajstić information content (AvgIpc) is 2.86. The lowest BCUT2D eigenvalue weighted by atomic mass is 10.1. The quantitative estimate of drug-likeness (QED) is 0.831. The van der Waals surface area contributed by atoms with Crippen molar-refractivity contribution in [1.82, 2.24) is 4.90 Å². The molecule has 0 unspecified atom stereocenters. The van der Waals surface area contributed by atoms with Crippen LogP contribution in [0.1, 0.15) is 22.5 Å². The Morgan fingerprint density at radius 3 is 2.74 bits per heavy atom. The molecule has 2 N–H and O–H groups in total. The van der Waals surface area contributed by atoms with Gasteiger partial charge < -0.3 is 20.1 Å². The molecule has 1 saturated heterocycles. The van der Waals surface area contributed by atoms with Crippen LogP contribution in [0, 0.1) is 0 Å². The number of nitrogens with zero attached hydrogens (tertiary/aromatic N) is 1. The van der Waals surface area contributed by atoms with E-state index in [9.17, 15) is 9.59 Å². The van der Waals surface area contributed by atoms with Gasteiger partial charge in [0.2, 0.25) is 0 Å². The van der Waals surface area contributed by atoms with E-state index in [0.29, 0.717) is 18.0 Å². The van der Waals surface area contributed by atoms with Crippen molar-refractivity contribution in [3.05, 3.63) is 16.3 Å². The van der Waals surface area contributed by atoms with Gasteiger partial charge in [0.15, 0.2) is 0 Å².